The van der Waals surface area contributed by atoms with Crippen molar-refractivity contribution in [3.63, 3.8) is 0 Å². The largest absolute Gasteiger partial charge is 0.444 e. The fraction of sp³-hybridized carbons (Fsp3) is 0.935. The van der Waals surface area contributed by atoms with E-state index in [1.165, 1.54) is 19.3 Å². The van der Waals surface area contributed by atoms with E-state index >= 15 is 0 Å². The molecule has 7 atom stereocenters. The van der Waals surface area contributed by atoms with Crippen LogP contribution in [-0.4, -0.2) is 44.1 Å². The van der Waals surface area contributed by atoms with Crippen molar-refractivity contribution >= 4 is 20.1 Å². The minimum Gasteiger partial charge on any atom is -0.444 e. The maximum Gasteiger partial charge on any atom is 0.407 e. The van der Waals surface area contributed by atoms with E-state index in [1.54, 1.807) is 0 Å². The molecule has 2 N–H and O–H groups in total. The van der Waals surface area contributed by atoms with E-state index in [1.807, 2.05) is 20.8 Å². The van der Waals surface area contributed by atoms with Gasteiger partial charge in [-0.25, -0.2) is 4.79 Å². The van der Waals surface area contributed by atoms with Crippen LogP contribution in [0.3, 0.4) is 0 Å². The second-order valence-electron chi connectivity index (χ2n) is 16.0. The van der Waals surface area contributed by atoms with Gasteiger partial charge in [0.25, 0.3) is 0 Å². The third-order valence-corrected chi connectivity index (χ3v) is 15.8. The fourth-order valence-corrected chi connectivity index (χ4v) is 8.82. The van der Waals surface area contributed by atoms with E-state index in [0.717, 1.165) is 38.0 Å². The average molecular weight is 551 g/mol. The zero-order valence-electron chi connectivity index (χ0n) is 26.4. The molecule has 220 valence electrons. The van der Waals surface area contributed by atoms with Crippen LogP contribution in [0.25, 0.3) is 0 Å². The van der Waals surface area contributed by atoms with E-state index in [2.05, 4.69) is 65.1 Å². The Bertz CT molecular complexity index is 876. The molecule has 3 saturated carbocycles. The first kappa shape index (κ1) is 31.4. The van der Waals surface area contributed by atoms with Gasteiger partial charge in [0, 0.05) is 18.6 Å². The summed E-state index contributed by atoms with van der Waals surface area (Å²) >= 11 is 0. The summed E-state index contributed by atoms with van der Waals surface area (Å²) < 4.78 is 12.5. The SMILES string of the molecule is C[C@H]1CC[C@](C)([C@H]2CC[C@]3(C)/C(=N/O)CC[C@H]3[C@@H]2CNC(=O)OC(C)(C)C)[C@@H](CO[Si](C)(C)C(C)(C)C)C1. The van der Waals surface area contributed by atoms with Gasteiger partial charge in [0.05, 0.1) is 5.71 Å². The van der Waals surface area contributed by atoms with Gasteiger partial charge in [-0.05, 0) is 112 Å². The van der Waals surface area contributed by atoms with Crippen LogP contribution in [0, 0.1) is 40.4 Å². The van der Waals surface area contributed by atoms with Crippen molar-refractivity contribution in [1.82, 2.24) is 5.32 Å². The van der Waals surface area contributed by atoms with Crippen molar-refractivity contribution in [2.24, 2.45) is 45.6 Å². The van der Waals surface area contributed by atoms with Crippen LogP contribution in [0.5, 0.6) is 0 Å². The number of oxime groups is 1. The molecular weight excluding hydrogens is 492 g/mol. The molecule has 0 aromatic carbocycles. The number of nitrogens with one attached hydrogen (secondary N) is 1. The van der Waals surface area contributed by atoms with Crippen molar-refractivity contribution in [1.29, 1.82) is 0 Å². The molecule has 0 aliphatic heterocycles. The summed E-state index contributed by atoms with van der Waals surface area (Å²) in [6, 6.07) is 0. The topological polar surface area (TPSA) is 80.2 Å². The molecule has 0 radical (unpaired) electrons. The summed E-state index contributed by atoms with van der Waals surface area (Å²) in [5.74, 6) is 2.40. The Hall–Kier alpha value is -1.08. The Morgan fingerprint density at radius 3 is 2.32 bits per heavy atom. The number of carbonyl (C=O) groups excluding carboxylic acids is 1. The predicted molar refractivity (Wildman–Crippen MR) is 158 cm³/mol. The molecule has 0 aromatic rings. The van der Waals surface area contributed by atoms with E-state index in [9.17, 15) is 10.0 Å². The molecule has 0 bridgehead atoms. The number of hydrogen-bond donors (Lipinski definition) is 2. The number of fused-ring (bicyclic) bond motifs is 1. The number of rotatable bonds is 6. The van der Waals surface area contributed by atoms with Crippen molar-refractivity contribution < 1.29 is 19.2 Å². The predicted octanol–water partition coefficient (Wildman–Crippen LogP) is 8.25. The highest BCUT2D eigenvalue weighted by Crippen LogP contribution is 2.62. The molecule has 7 heteroatoms. The van der Waals surface area contributed by atoms with Crippen LogP contribution >= 0.6 is 0 Å². The minimum absolute atomic E-state index is 0.100. The molecular formula is C31H58N2O4Si. The third kappa shape index (κ3) is 6.45. The molecule has 0 unspecified atom stereocenters. The van der Waals surface area contributed by atoms with Gasteiger partial charge in [0.2, 0.25) is 0 Å². The lowest BCUT2D eigenvalue weighted by atomic mass is 9.49. The van der Waals surface area contributed by atoms with Gasteiger partial charge in [-0.15, -0.1) is 0 Å². The number of nitrogens with zero attached hydrogens (tertiary/aromatic N) is 1. The summed E-state index contributed by atoms with van der Waals surface area (Å²) in [7, 11) is -1.86. The summed E-state index contributed by atoms with van der Waals surface area (Å²) in [5, 5.41) is 17.0. The summed E-state index contributed by atoms with van der Waals surface area (Å²) in [5.41, 5.74) is 0.474. The van der Waals surface area contributed by atoms with E-state index in [4.69, 9.17) is 9.16 Å². The molecule has 0 spiro atoms. The number of alkyl carbamates (subject to hydrolysis) is 1. The monoisotopic (exact) mass is 550 g/mol. The zero-order chi connectivity index (χ0) is 28.7. The van der Waals surface area contributed by atoms with Gasteiger partial charge in [-0.2, -0.15) is 0 Å². The van der Waals surface area contributed by atoms with Gasteiger partial charge in [0.15, 0.2) is 8.32 Å². The Labute approximate surface area is 234 Å². The number of ether oxygens (including phenoxy) is 1. The van der Waals surface area contributed by atoms with Crippen molar-refractivity contribution in [2.45, 2.75) is 131 Å². The number of amides is 1. The molecule has 6 nitrogen and oxygen atoms in total. The molecule has 0 aromatic heterocycles. The summed E-state index contributed by atoms with van der Waals surface area (Å²) in [6.07, 6.45) is 7.33. The highest BCUT2D eigenvalue weighted by atomic mass is 28.4. The lowest BCUT2D eigenvalue weighted by molar-refractivity contribution is -0.0744. The third-order valence-electron chi connectivity index (χ3n) is 11.3. The van der Waals surface area contributed by atoms with Gasteiger partial charge < -0.3 is 19.7 Å². The normalized spacial score (nSPS) is 37.7. The number of hydrogen-bond acceptors (Lipinski definition) is 5. The van der Waals surface area contributed by atoms with Crippen molar-refractivity contribution in [3.8, 4) is 0 Å². The molecule has 38 heavy (non-hydrogen) atoms. The lowest BCUT2D eigenvalue weighted by Crippen LogP contribution is -2.54. The first-order valence-corrected chi connectivity index (χ1v) is 18.1. The van der Waals surface area contributed by atoms with Crippen LogP contribution in [0.1, 0.15) is 107 Å². The second kappa shape index (κ2) is 11.1. The fourth-order valence-electron chi connectivity index (χ4n) is 7.77. The first-order valence-electron chi connectivity index (χ1n) is 15.2. The summed E-state index contributed by atoms with van der Waals surface area (Å²) in [4.78, 5) is 12.8. The lowest BCUT2D eigenvalue weighted by Gasteiger charge is -2.57. The van der Waals surface area contributed by atoms with Crippen molar-refractivity contribution in [3.05, 3.63) is 0 Å². The average Bonchev–Trinajstić information content (AvgIpc) is 3.12. The van der Waals surface area contributed by atoms with E-state index in [-0.39, 0.29) is 22.0 Å². The van der Waals surface area contributed by atoms with Crippen LogP contribution in [0.4, 0.5) is 4.79 Å². The molecule has 0 heterocycles. The van der Waals surface area contributed by atoms with Crippen LogP contribution in [-0.2, 0) is 9.16 Å². The van der Waals surface area contributed by atoms with E-state index < -0.39 is 13.9 Å². The molecule has 3 aliphatic carbocycles. The standard InChI is InChI=1S/C31H58N2O4Si/c1-21-14-16-30(8,22(18-21)20-36-38(10,11)29(5,6)7)25-15-17-31(9)24(12-13-26(31)33-35)23(25)19-32-27(34)37-28(2,3)4/h21-25,35H,12-20H2,1-11H3,(H,32,34)/b33-26+/t21-,22+,23-,24-,25-,30-,31-/m0/s1. The van der Waals surface area contributed by atoms with Gasteiger partial charge in [-0.3, -0.25) is 0 Å². The van der Waals surface area contributed by atoms with Crippen molar-refractivity contribution in [2.75, 3.05) is 13.2 Å². The smallest absolute Gasteiger partial charge is 0.407 e. The highest BCUT2D eigenvalue weighted by Gasteiger charge is 2.58. The highest BCUT2D eigenvalue weighted by molar-refractivity contribution is 6.74. The maximum absolute atomic E-state index is 12.8. The Balaban J connectivity index is 1.91. The molecule has 1 amide bonds. The van der Waals surface area contributed by atoms with E-state index in [0.29, 0.717) is 36.1 Å². The Kier molecular flexibility index (Phi) is 9.15. The molecule has 0 saturated heterocycles. The quantitative estimate of drug-likeness (QED) is 0.198. The minimum atomic E-state index is -1.86. The molecule has 3 aliphatic rings. The maximum atomic E-state index is 12.8. The van der Waals surface area contributed by atoms with Gasteiger partial charge >= 0.3 is 6.09 Å². The molecule has 3 fully saturated rings. The van der Waals surface area contributed by atoms with Crippen LogP contribution in [0.15, 0.2) is 5.16 Å². The van der Waals surface area contributed by atoms with Gasteiger partial charge in [0.1, 0.15) is 5.60 Å². The zero-order valence-corrected chi connectivity index (χ0v) is 27.4. The van der Waals surface area contributed by atoms with Gasteiger partial charge in [-0.1, -0.05) is 53.1 Å². The van der Waals surface area contributed by atoms with Crippen LogP contribution < -0.4 is 5.32 Å². The molecule has 3 rings (SSSR count). The Morgan fingerprint density at radius 2 is 1.74 bits per heavy atom. The Morgan fingerprint density at radius 1 is 1.08 bits per heavy atom. The summed E-state index contributed by atoms with van der Waals surface area (Å²) in [6.45, 7) is 26.1. The first-order chi connectivity index (χ1) is 17.3. The second-order valence-corrected chi connectivity index (χ2v) is 20.8. The number of carbonyl (C=O) groups is 1. The van der Waals surface area contributed by atoms with Crippen LogP contribution in [0.2, 0.25) is 18.1 Å².